The standard InChI is InChI=1S/C11H14FNO4S/c1-7-9(12)5-8(6-10(7)13)11(14)17-3-4-18(2,15)16/h5-6H,3-4,13H2,1-2H3. The molecule has 0 bridgehead atoms. The molecule has 5 nitrogen and oxygen atoms in total. The number of nitrogen functional groups attached to an aromatic ring is 1. The van der Waals surface area contributed by atoms with Gasteiger partial charge in [-0.2, -0.15) is 0 Å². The Morgan fingerprint density at radius 2 is 2.06 bits per heavy atom. The van der Waals surface area contributed by atoms with Gasteiger partial charge in [0, 0.05) is 17.5 Å². The summed E-state index contributed by atoms with van der Waals surface area (Å²) in [7, 11) is -3.20. The van der Waals surface area contributed by atoms with Crippen LogP contribution in [-0.2, 0) is 14.6 Å². The summed E-state index contributed by atoms with van der Waals surface area (Å²) in [6.07, 6.45) is 1.03. The third-order valence-electron chi connectivity index (χ3n) is 2.31. The van der Waals surface area contributed by atoms with Crippen molar-refractivity contribution >= 4 is 21.5 Å². The van der Waals surface area contributed by atoms with Crippen LogP contribution in [0.1, 0.15) is 15.9 Å². The molecule has 0 atom stereocenters. The van der Waals surface area contributed by atoms with Crippen molar-refractivity contribution in [2.24, 2.45) is 0 Å². The molecule has 0 spiro atoms. The smallest absolute Gasteiger partial charge is 0.338 e. The van der Waals surface area contributed by atoms with Crippen LogP contribution in [0.25, 0.3) is 0 Å². The van der Waals surface area contributed by atoms with Gasteiger partial charge in [-0.25, -0.2) is 17.6 Å². The fraction of sp³-hybridized carbons (Fsp3) is 0.364. The van der Waals surface area contributed by atoms with Crippen LogP contribution in [0.5, 0.6) is 0 Å². The summed E-state index contributed by atoms with van der Waals surface area (Å²) in [5, 5.41) is 0. The lowest BCUT2D eigenvalue weighted by atomic mass is 10.1. The van der Waals surface area contributed by atoms with Crippen LogP contribution in [0.4, 0.5) is 10.1 Å². The molecule has 0 unspecified atom stereocenters. The number of halogens is 1. The van der Waals surface area contributed by atoms with Crippen molar-refractivity contribution in [1.29, 1.82) is 0 Å². The fourth-order valence-electron chi connectivity index (χ4n) is 1.19. The Kier molecular flexibility index (Phi) is 4.28. The number of ether oxygens (including phenoxy) is 1. The highest BCUT2D eigenvalue weighted by Crippen LogP contribution is 2.18. The van der Waals surface area contributed by atoms with Gasteiger partial charge in [-0.05, 0) is 19.1 Å². The quantitative estimate of drug-likeness (QED) is 0.652. The lowest BCUT2D eigenvalue weighted by Gasteiger charge is -2.07. The molecule has 0 radical (unpaired) electrons. The zero-order valence-electron chi connectivity index (χ0n) is 10.1. The molecule has 18 heavy (non-hydrogen) atoms. The van der Waals surface area contributed by atoms with E-state index in [1.807, 2.05) is 0 Å². The summed E-state index contributed by atoms with van der Waals surface area (Å²) < 4.78 is 39.7. The second-order valence-electron chi connectivity index (χ2n) is 3.94. The second kappa shape index (κ2) is 5.34. The van der Waals surface area contributed by atoms with Crippen LogP contribution < -0.4 is 5.73 Å². The molecule has 0 aromatic heterocycles. The van der Waals surface area contributed by atoms with Crippen molar-refractivity contribution in [3.8, 4) is 0 Å². The predicted molar refractivity (Wildman–Crippen MR) is 65.5 cm³/mol. The number of nitrogens with two attached hydrogens (primary N) is 1. The minimum atomic E-state index is -3.20. The van der Waals surface area contributed by atoms with Gasteiger partial charge >= 0.3 is 5.97 Å². The number of carbonyl (C=O) groups is 1. The van der Waals surface area contributed by atoms with E-state index in [0.717, 1.165) is 12.3 Å². The van der Waals surface area contributed by atoms with Crippen LogP contribution >= 0.6 is 0 Å². The van der Waals surface area contributed by atoms with Gasteiger partial charge in [-0.1, -0.05) is 0 Å². The molecule has 1 aromatic carbocycles. The van der Waals surface area contributed by atoms with E-state index < -0.39 is 21.6 Å². The van der Waals surface area contributed by atoms with E-state index in [-0.39, 0.29) is 29.2 Å². The Morgan fingerprint density at radius 1 is 1.44 bits per heavy atom. The Balaban J connectivity index is 2.74. The lowest BCUT2D eigenvalue weighted by Crippen LogP contribution is -2.15. The van der Waals surface area contributed by atoms with Crippen LogP contribution in [0.15, 0.2) is 12.1 Å². The van der Waals surface area contributed by atoms with Gasteiger partial charge < -0.3 is 10.5 Å². The van der Waals surface area contributed by atoms with Gasteiger partial charge in [-0.3, -0.25) is 0 Å². The average molecular weight is 275 g/mol. The van der Waals surface area contributed by atoms with Crippen molar-refractivity contribution < 1.29 is 22.3 Å². The largest absolute Gasteiger partial charge is 0.461 e. The third kappa shape index (κ3) is 3.99. The molecule has 0 aliphatic rings. The first-order valence-corrected chi connectivity index (χ1v) is 7.17. The van der Waals surface area contributed by atoms with Crippen LogP contribution in [-0.4, -0.2) is 33.0 Å². The van der Waals surface area contributed by atoms with Gasteiger partial charge in [0.05, 0.1) is 11.3 Å². The minimum absolute atomic E-state index is 0.0379. The first-order valence-electron chi connectivity index (χ1n) is 5.11. The molecule has 1 rings (SSSR count). The summed E-state index contributed by atoms with van der Waals surface area (Å²) in [5.74, 6) is -1.68. The first kappa shape index (κ1) is 14.4. The Hall–Kier alpha value is -1.63. The fourth-order valence-corrected chi connectivity index (χ4v) is 1.57. The Morgan fingerprint density at radius 3 is 2.56 bits per heavy atom. The molecular weight excluding hydrogens is 261 g/mol. The summed E-state index contributed by atoms with van der Waals surface area (Å²) >= 11 is 0. The number of hydrogen-bond donors (Lipinski definition) is 1. The van der Waals surface area contributed by atoms with E-state index >= 15 is 0 Å². The lowest BCUT2D eigenvalue weighted by molar-refractivity contribution is 0.0529. The summed E-state index contributed by atoms with van der Waals surface area (Å²) in [4.78, 5) is 11.5. The normalized spacial score (nSPS) is 11.3. The molecule has 100 valence electrons. The van der Waals surface area contributed by atoms with Gasteiger partial charge in [0.2, 0.25) is 0 Å². The van der Waals surface area contributed by atoms with Crippen molar-refractivity contribution in [2.75, 3.05) is 24.3 Å². The molecule has 0 saturated carbocycles. The topological polar surface area (TPSA) is 86.5 Å². The summed E-state index contributed by atoms with van der Waals surface area (Å²) in [5.41, 5.74) is 5.87. The zero-order valence-corrected chi connectivity index (χ0v) is 10.9. The van der Waals surface area contributed by atoms with E-state index in [2.05, 4.69) is 0 Å². The monoisotopic (exact) mass is 275 g/mol. The highest BCUT2D eigenvalue weighted by atomic mass is 32.2. The maximum Gasteiger partial charge on any atom is 0.338 e. The Bertz CT molecular complexity index is 545. The maximum atomic E-state index is 13.3. The number of hydrogen-bond acceptors (Lipinski definition) is 5. The molecule has 0 amide bonds. The molecule has 2 N–H and O–H groups in total. The SMILES string of the molecule is Cc1c(N)cc(C(=O)OCCS(C)(=O)=O)cc1F. The van der Waals surface area contributed by atoms with Crippen molar-refractivity contribution in [2.45, 2.75) is 6.92 Å². The van der Waals surface area contributed by atoms with Crippen LogP contribution in [0.3, 0.4) is 0 Å². The molecule has 0 aliphatic carbocycles. The summed E-state index contributed by atoms with van der Waals surface area (Å²) in [6.45, 7) is 1.22. The summed E-state index contributed by atoms with van der Waals surface area (Å²) in [6, 6.07) is 2.30. The number of anilines is 1. The van der Waals surface area contributed by atoms with Crippen LogP contribution in [0, 0.1) is 12.7 Å². The van der Waals surface area contributed by atoms with Gasteiger partial charge in [0.15, 0.2) is 9.84 Å². The molecular formula is C11H14FNO4S. The van der Waals surface area contributed by atoms with E-state index in [4.69, 9.17) is 10.5 Å². The van der Waals surface area contributed by atoms with Crippen molar-refractivity contribution in [3.05, 3.63) is 29.1 Å². The van der Waals surface area contributed by atoms with E-state index in [9.17, 15) is 17.6 Å². The second-order valence-corrected chi connectivity index (χ2v) is 6.20. The molecule has 0 heterocycles. The van der Waals surface area contributed by atoms with Crippen molar-refractivity contribution in [1.82, 2.24) is 0 Å². The molecule has 0 aliphatic heterocycles. The highest BCUT2D eigenvalue weighted by Gasteiger charge is 2.13. The number of carbonyl (C=O) groups excluding carboxylic acids is 1. The van der Waals surface area contributed by atoms with Crippen molar-refractivity contribution in [3.63, 3.8) is 0 Å². The first-order chi connectivity index (χ1) is 8.20. The van der Waals surface area contributed by atoms with Gasteiger partial charge in [0.1, 0.15) is 12.4 Å². The maximum absolute atomic E-state index is 13.3. The highest BCUT2D eigenvalue weighted by molar-refractivity contribution is 7.90. The van der Waals surface area contributed by atoms with Gasteiger partial charge in [0.25, 0.3) is 0 Å². The molecule has 0 fully saturated rings. The zero-order chi connectivity index (χ0) is 13.9. The predicted octanol–water partition coefficient (Wildman–Crippen LogP) is 0.918. The van der Waals surface area contributed by atoms with Gasteiger partial charge in [-0.15, -0.1) is 0 Å². The number of sulfone groups is 1. The van der Waals surface area contributed by atoms with E-state index in [1.54, 1.807) is 0 Å². The Labute approximate surface area is 105 Å². The number of benzene rings is 1. The molecule has 1 aromatic rings. The number of esters is 1. The molecule has 0 saturated heterocycles. The number of rotatable bonds is 4. The minimum Gasteiger partial charge on any atom is -0.461 e. The van der Waals surface area contributed by atoms with E-state index in [1.165, 1.54) is 13.0 Å². The third-order valence-corrected chi connectivity index (χ3v) is 3.22. The van der Waals surface area contributed by atoms with Crippen LogP contribution in [0.2, 0.25) is 0 Å². The average Bonchev–Trinajstić information content (AvgIpc) is 2.23. The van der Waals surface area contributed by atoms with E-state index in [0.29, 0.717) is 0 Å². The molecule has 7 heteroatoms.